The first-order chi connectivity index (χ1) is 11.5. The second kappa shape index (κ2) is 8.10. The number of non-ortho nitro benzene ring substituents is 1. The van der Waals surface area contributed by atoms with Crippen LogP contribution < -0.4 is 10.1 Å². The van der Waals surface area contributed by atoms with Crippen molar-refractivity contribution in [2.45, 2.75) is 26.2 Å². The molecule has 0 radical (unpaired) electrons. The Morgan fingerprint density at radius 1 is 1.21 bits per heavy atom. The van der Waals surface area contributed by atoms with Gasteiger partial charge in [0.05, 0.1) is 17.6 Å². The minimum Gasteiger partial charge on any atom is -0.496 e. The number of nitrogens with zero attached hydrogens (tertiary/aromatic N) is 1. The molecule has 1 amide bonds. The number of carbonyl (C=O) groups is 1. The predicted molar refractivity (Wildman–Crippen MR) is 92.7 cm³/mol. The molecule has 0 aliphatic rings. The van der Waals surface area contributed by atoms with Crippen LogP contribution in [0.2, 0.25) is 0 Å². The fraction of sp³-hybridized carbons (Fsp3) is 0.278. The van der Waals surface area contributed by atoms with Crippen molar-refractivity contribution in [3.63, 3.8) is 0 Å². The molecule has 1 N–H and O–H groups in total. The van der Waals surface area contributed by atoms with E-state index in [1.54, 1.807) is 0 Å². The topological polar surface area (TPSA) is 81.5 Å². The lowest BCUT2D eigenvalue weighted by molar-refractivity contribution is -0.384. The molecule has 0 heterocycles. The third-order valence-corrected chi connectivity index (χ3v) is 3.67. The van der Waals surface area contributed by atoms with Crippen LogP contribution in [0.1, 0.15) is 35.7 Å². The molecule has 0 aliphatic heterocycles. The Balaban J connectivity index is 2.17. The Labute approximate surface area is 140 Å². The smallest absolute Gasteiger partial charge is 0.270 e. The van der Waals surface area contributed by atoms with Crippen LogP contribution in [0.4, 0.5) is 11.4 Å². The van der Waals surface area contributed by atoms with Crippen LogP contribution in [0.15, 0.2) is 42.5 Å². The lowest BCUT2D eigenvalue weighted by Crippen LogP contribution is -2.13. The third kappa shape index (κ3) is 4.32. The predicted octanol–water partition coefficient (Wildman–Crippen LogP) is 4.20. The molecule has 0 atom stereocenters. The molecule has 6 nitrogen and oxygen atoms in total. The molecule has 6 heteroatoms. The van der Waals surface area contributed by atoms with Crippen molar-refractivity contribution >= 4 is 17.3 Å². The van der Waals surface area contributed by atoms with E-state index in [0.29, 0.717) is 5.69 Å². The summed E-state index contributed by atoms with van der Waals surface area (Å²) in [5, 5.41) is 13.6. The summed E-state index contributed by atoms with van der Waals surface area (Å²) in [6, 6.07) is 11.5. The molecule has 0 saturated carbocycles. The quantitative estimate of drug-likeness (QED) is 0.610. The highest BCUT2D eigenvalue weighted by Crippen LogP contribution is 2.25. The van der Waals surface area contributed by atoms with E-state index in [2.05, 4.69) is 12.2 Å². The van der Waals surface area contributed by atoms with Crippen molar-refractivity contribution in [1.29, 1.82) is 0 Å². The number of ether oxygens (including phenoxy) is 1. The number of hydrogen-bond acceptors (Lipinski definition) is 4. The van der Waals surface area contributed by atoms with Gasteiger partial charge in [0.2, 0.25) is 0 Å². The Morgan fingerprint density at radius 3 is 2.50 bits per heavy atom. The summed E-state index contributed by atoms with van der Waals surface area (Å²) in [5.41, 5.74) is 1.81. The molecule has 126 valence electrons. The SMILES string of the molecule is CCCCc1ccc(NC(=O)c2cc([N+](=O)[O-])ccc2OC)cc1. The van der Waals surface area contributed by atoms with Crippen LogP contribution in [0.5, 0.6) is 5.75 Å². The maximum absolute atomic E-state index is 12.4. The second-order valence-corrected chi connectivity index (χ2v) is 5.40. The van der Waals surface area contributed by atoms with Gasteiger partial charge in [-0.15, -0.1) is 0 Å². The summed E-state index contributed by atoms with van der Waals surface area (Å²) in [6.07, 6.45) is 3.26. The van der Waals surface area contributed by atoms with Crippen LogP contribution in [0.3, 0.4) is 0 Å². The number of aryl methyl sites for hydroxylation is 1. The first-order valence-corrected chi connectivity index (χ1v) is 7.78. The highest BCUT2D eigenvalue weighted by molar-refractivity contribution is 6.06. The zero-order valence-electron chi connectivity index (χ0n) is 13.7. The van der Waals surface area contributed by atoms with E-state index in [1.807, 2.05) is 24.3 Å². The zero-order valence-corrected chi connectivity index (χ0v) is 13.7. The molecule has 0 fully saturated rings. The van der Waals surface area contributed by atoms with E-state index in [1.165, 1.54) is 30.9 Å². The monoisotopic (exact) mass is 328 g/mol. The highest BCUT2D eigenvalue weighted by Gasteiger charge is 2.17. The number of hydrogen-bond donors (Lipinski definition) is 1. The van der Waals surface area contributed by atoms with Crippen LogP contribution in [0, 0.1) is 10.1 Å². The van der Waals surface area contributed by atoms with Crippen molar-refractivity contribution in [1.82, 2.24) is 0 Å². The molecule has 2 aromatic rings. The summed E-state index contributed by atoms with van der Waals surface area (Å²) < 4.78 is 5.12. The van der Waals surface area contributed by atoms with Gasteiger partial charge in [-0.3, -0.25) is 14.9 Å². The molecule has 2 rings (SSSR count). The summed E-state index contributed by atoms with van der Waals surface area (Å²) in [4.78, 5) is 22.8. The van der Waals surface area contributed by atoms with Gasteiger partial charge in [0.1, 0.15) is 5.75 Å². The summed E-state index contributed by atoms with van der Waals surface area (Å²) >= 11 is 0. The van der Waals surface area contributed by atoms with E-state index in [-0.39, 0.29) is 17.0 Å². The lowest BCUT2D eigenvalue weighted by Gasteiger charge is -2.10. The molecule has 0 unspecified atom stereocenters. The first-order valence-electron chi connectivity index (χ1n) is 7.78. The maximum Gasteiger partial charge on any atom is 0.270 e. The molecule has 0 bridgehead atoms. The Hall–Kier alpha value is -2.89. The van der Waals surface area contributed by atoms with E-state index in [4.69, 9.17) is 4.74 Å². The van der Waals surface area contributed by atoms with Crippen LogP contribution in [0.25, 0.3) is 0 Å². The molecule has 0 aromatic heterocycles. The van der Waals surface area contributed by atoms with Crippen molar-refractivity contribution in [2.24, 2.45) is 0 Å². The third-order valence-electron chi connectivity index (χ3n) is 3.67. The number of unbranched alkanes of at least 4 members (excludes halogenated alkanes) is 1. The van der Waals surface area contributed by atoms with Gasteiger partial charge >= 0.3 is 0 Å². The van der Waals surface area contributed by atoms with Crippen molar-refractivity contribution in [2.75, 3.05) is 12.4 Å². The number of nitro groups is 1. The first kappa shape index (κ1) is 17.5. The average Bonchev–Trinajstić information content (AvgIpc) is 2.60. The zero-order chi connectivity index (χ0) is 17.5. The van der Waals surface area contributed by atoms with E-state index >= 15 is 0 Å². The Bertz CT molecular complexity index is 726. The van der Waals surface area contributed by atoms with E-state index in [9.17, 15) is 14.9 Å². The van der Waals surface area contributed by atoms with Gasteiger partial charge in [-0.05, 0) is 36.6 Å². The average molecular weight is 328 g/mol. The molecule has 0 saturated heterocycles. The van der Waals surface area contributed by atoms with Gasteiger partial charge in [-0.1, -0.05) is 25.5 Å². The van der Waals surface area contributed by atoms with Crippen LogP contribution in [-0.4, -0.2) is 17.9 Å². The van der Waals surface area contributed by atoms with Gasteiger partial charge in [0, 0.05) is 17.8 Å². The number of rotatable bonds is 7. The van der Waals surface area contributed by atoms with Gasteiger partial charge in [-0.25, -0.2) is 0 Å². The van der Waals surface area contributed by atoms with Crippen molar-refractivity contribution < 1.29 is 14.5 Å². The molecule has 0 spiro atoms. The number of amides is 1. The molecule has 0 aliphatic carbocycles. The van der Waals surface area contributed by atoms with Gasteiger partial charge in [0.25, 0.3) is 11.6 Å². The van der Waals surface area contributed by atoms with E-state index in [0.717, 1.165) is 19.3 Å². The van der Waals surface area contributed by atoms with Gasteiger partial charge in [0.15, 0.2) is 0 Å². The minimum atomic E-state index is -0.543. The highest BCUT2D eigenvalue weighted by atomic mass is 16.6. The summed E-state index contributed by atoms with van der Waals surface area (Å²) in [5.74, 6) is -0.158. The van der Waals surface area contributed by atoms with Gasteiger partial charge < -0.3 is 10.1 Å². The van der Waals surface area contributed by atoms with Crippen molar-refractivity contribution in [3.05, 3.63) is 63.7 Å². The molecule has 24 heavy (non-hydrogen) atoms. The minimum absolute atomic E-state index is 0.127. The summed E-state index contributed by atoms with van der Waals surface area (Å²) in [6.45, 7) is 2.14. The fourth-order valence-electron chi connectivity index (χ4n) is 2.32. The number of benzene rings is 2. The summed E-state index contributed by atoms with van der Waals surface area (Å²) in [7, 11) is 1.42. The largest absolute Gasteiger partial charge is 0.496 e. The lowest BCUT2D eigenvalue weighted by atomic mass is 10.1. The van der Waals surface area contributed by atoms with Crippen LogP contribution >= 0.6 is 0 Å². The maximum atomic E-state index is 12.4. The number of methoxy groups -OCH3 is 1. The number of anilines is 1. The Kier molecular flexibility index (Phi) is 5.89. The normalized spacial score (nSPS) is 10.2. The molecular formula is C18H20N2O4. The van der Waals surface area contributed by atoms with Gasteiger partial charge in [-0.2, -0.15) is 0 Å². The number of nitro benzene ring substituents is 1. The van der Waals surface area contributed by atoms with E-state index < -0.39 is 10.8 Å². The molecule has 2 aromatic carbocycles. The standard InChI is InChI=1S/C18H20N2O4/c1-3-4-5-13-6-8-14(9-7-13)19-18(21)16-12-15(20(22)23)10-11-17(16)24-2/h6-12H,3-5H2,1-2H3,(H,19,21). The molecular weight excluding hydrogens is 308 g/mol. The second-order valence-electron chi connectivity index (χ2n) is 5.40. The van der Waals surface area contributed by atoms with Crippen LogP contribution in [-0.2, 0) is 6.42 Å². The Morgan fingerprint density at radius 2 is 1.92 bits per heavy atom. The number of nitrogens with one attached hydrogen (secondary N) is 1. The number of carbonyl (C=O) groups excluding carboxylic acids is 1. The fourth-order valence-corrected chi connectivity index (χ4v) is 2.32. The van der Waals surface area contributed by atoms with Crippen molar-refractivity contribution in [3.8, 4) is 5.75 Å².